The predicted molar refractivity (Wildman–Crippen MR) is 69.1 cm³/mol. The van der Waals surface area contributed by atoms with Gasteiger partial charge in [0, 0.05) is 24.9 Å². The number of hydrogen-bond acceptors (Lipinski definition) is 3. The molecule has 1 aromatic carbocycles. The second kappa shape index (κ2) is 5.64. The molecule has 0 amide bonds. The maximum Gasteiger partial charge on any atom is 0.156 e. The van der Waals surface area contributed by atoms with Crippen molar-refractivity contribution in [3.05, 3.63) is 35.8 Å². The van der Waals surface area contributed by atoms with Crippen LogP contribution in [0.15, 0.2) is 24.3 Å². The second-order valence-corrected chi connectivity index (χ2v) is 4.00. The lowest BCUT2D eigenvalue weighted by molar-refractivity contribution is 0.210. The van der Waals surface area contributed by atoms with Crippen molar-refractivity contribution < 1.29 is 9.13 Å². The summed E-state index contributed by atoms with van der Waals surface area (Å²) >= 11 is 0. The molecule has 0 aliphatic rings. The van der Waals surface area contributed by atoms with Gasteiger partial charge in [0.2, 0.25) is 0 Å². The third-order valence-electron chi connectivity index (χ3n) is 2.66. The van der Waals surface area contributed by atoms with E-state index in [1.807, 2.05) is 13.0 Å². The summed E-state index contributed by atoms with van der Waals surface area (Å²) in [6, 6.07) is 6.48. The van der Waals surface area contributed by atoms with Gasteiger partial charge in [0.05, 0.1) is 6.61 Å². The molecule has 4 nitrogen and oxygen atoms in total. The highest BCUT2D eigenvalue weighted by atomic mass is 19.1. The van der Waals surface area contributed by atoms with Gasteiger partial charge in [-0.1, -0.05) is 12.1 Å². The molecule has 0 unspecified atom stereocenters. The van der Waals surface area contributed by atoms with Gasteiger partial charge in [-0.15, -0.1) is 0 Å². The van der Waals surface area contributed by atoms with Crippen LogP contribution in [0.25, 0.3) is 11.1 Å². The molecule has 0 spiro atoms. The zero-order valence-corrected chi connectivity index (χ0v) is 10.5. The fourth-order valence-corrected chi connectivity index (χ4v) is 1.83. The van der Waals surface area contributed by atoms with E-state index in [1.54, 1.807) is 13.2 Å². The van der Waals surface area contributed by atoms with Crippen molar-refractivity contribution in [3.63, 3.8) is 0 Å². The molecule has 2 N–H and O–H groups in total. The van der Waals surface area contributed by atoms with Crippen molar-refractivity contribution in [2.24, 2.45) is 0 Å². The van der Waals surface area contributed by atoms with Crippen molar-refractivity contribution >= 4 is 5.82 Å². The maximum absolute atomic E-state index is 13.3. The molecule has 2 aromatic rings. The minimum Gasteiger partial charge on any atom is -0.383 e. The molecular weight excluding hydrogens is 233 g/mol. The van der Waals surface area contributed by atoms with Gasteiger partial charge in [-0.05, 0) is 24.6 Å². The third kappa shape index (κ3) is 2.68. The van der Waals surface area contributed by atoms with Crippen molar-refractivity contribution in [2.75, 3.05) is 25.6 Å². The Kier molecular flexibility index (Phi) is 3.94. The average Bonchev–Trinajstić information content (AvgIpc) is 2.71. The van der Waals surface area contributed by atoms with Crippen LogP contribution in [-0.4, -0.2) is 30.5 Å². The highest BCUT2D eigenvalue weighted by molar-refractivity contribution is 5.77. The largest absolute Gasteiger partial charge is 0.383 e. The summed E-state index contributed by atoms with van der Waals surface area (Å²) < 4.78 is 18.2. The zero-order chi connectivity index (χ0) is 13.0. The number of ether oxygens (including phenoxy) is 1. The first kappa shape index (κ1) is 12.6. The lowest BCUT2D eigenvalue weighted by Crippen LogP contribution is -2.08. The van der Waals surface area contributed by atoms with Gasteiger partial charge in [-0.25, -0.2) is 4.39 Å². The summed E-state index contributed by atoms with van der Waals surface area (Å²) in [4.78, 5) is 0. The number of methoxy groups -OCH3 is 1. The Morgan fingerprint density at radius 3 is 3.00 bits per heavy atom. The molecule has 1 heterocycles. The summed E-state index contributed by atoms with van der Waals surface area (Å²) in [6.07, 6.45) is 0. The number of hydrogen-bond donors (Lipinski definition) is 2. The van der Waals surface area contributed by atoms with E-state index in [0.717, 1.165) is 22.6 Å². The van der Waals surface area contributed by atoms with E-state index in [9.17, 15) is 4.39 Å². The molecule has 0 aliphatic heterocycles. The Morgan fingerprint density at radius 1 is 1.44 bits per heavy atom. The summed E-state index contributed by atoms with van der Waals surface area (Å²) in [5, 5.41) is 10.2. The van der Waals surface area contributed by atoms with Crippen LogP contribution in [0, 0.1) is 12.7 Å². The van der Waals surface area contributed by atoms with Gasteiger partial charge in [-0.2, -0.15) is 5.10 Å². The van der Waals surface area contributed by atoms with E-state index in [4.69, 9.17) is 4.74 Å². The van der Waals surface area contributed by atoms with Crippen molar-refractivity contribution in [1.82, 2.24) is 10.2 Å². The minimum absolute atomic E-state index is 0.254. The number of aryl methyl sites for hydroxylation is 1. The first-order valence-electron chi connectivity index (χ1n) is 5.76. The average molecular weight is 249 g/mol. The van der Waals surface area contributed by atoms with E-state index in [0.29, 0.717) is 13.2 Å². The zero-order valence-electron chi connectivity index (χ0n) is 10.5. The Bertz CT molecular complexity index is 525. The number of aromatic nitrogens is 2. The number of anilines is 1. The van der Waals surface area contributed by atoms with Gasteiger partial charge in [-0.3, -0.25) is 5.10 Å². The lowest BCUT2D eigenvalue weighted by Gasteiger charge is -2.06. The first-order chi connectivity index (χ1) is 8.72. The van der Waals surface area contributed by atoms with Crippen LogP contribution in [-0.2, 0) is 4.74 Å². The number of aromatic amines is 1. The summed E-state index contributed by atoms with van der Waals surface area (Å²) in [5.74, 6) is 0.464. The van der Waals surface area contributed by atoms with E-state index in [1.165, 1.54) is 12.1 Å². The monoisotopic (exact) mass is 249 g/mol. The molecule has 0 fully saturated rings. The standard InChI is InChI=1S/C13H16FN3O/c1-9-12(10-4-3-5-11(14)8-10)13(17-16-9)15-6-7-18-2/h3-5,8H,6-7H2,1-2H3,(H2,15,16,17). The minimum atomic E-state index is -0.254. The van der Waals surface area contributed by atoms with E-state index in [2.05, 4.69) is 15.5 Å². The van der Waals surface area contributed by atoms with Crippen LogP contribution in [0.3, 0.4) is 0 Å². The topological polar surface area (TPSA) is 49.9 Å². The summed E-state index contributed by atoms with van der Waals surface area (Å²) in [5.41, 5.74) is 2.60. The smallest absolute Gasteiger partial charge is 0.156 e. The van der Waals surface area contributed by atoms with Gasteiger partial charge in [0.15, 0.2) is 5.82 Å². The van der Waals surface area contributed by atoms with Crippen LogP contribution < -0.4 is 5.32 Å². The van der Waals surface area contributed by atoms with Crippen LogP contribution >= 0.6 is 0 Å². The fraction of sp³-hybridized carbons (Fsp3) is 0.308. The first-order valence-corrected chi connectivity index (χ1v) is 5.76. The Hall–Kier alpha value is -1.88. The van der Waals surface area contributed by atoms with Crippen molar-refractivity contribution in [1.29, 1.82) is 0 Å². The molecule has 0 aliphatic carbocycles. The van der Waals surface area contributed by atoms with E-state index >= 15 is 0 Å². The number of H-pyrrole nitrogens is 1. The Balaban J connectivity index is 2.29. The van der Waals surface area contributed by atoms with Crippen LogP contribution in [0.5, 0.6) is 0 Å². The molecule has 0 saturated heterocycles. The Morgan fingerprint density at radius 2 is 2.28 bits per heavy atom. The number of halogens is 1. The SMILES string of the molecule is COCCNc1n[nH]c(C)c1-c1cccc(F)c1. The molecule has 96 valence electrons. The van der Waals surface area contributed by atoms with Gasteiger partial charge >= 0.3 is 0 Å². The quantitative estimate of drug-likeness (QED) is 0.801. The normalized spacial score (nSPS) is 10.6. The molecule has 18 heavy (non-hydrogen) atoms. The lowest BCUT2D eigenvalue weighted by atomic mass is 10.1. The number of nitrogens with zero attached hydrogens (tertiary/aromatic N) is 1. The van der Waals surface area contributed by atoms with Gasteiger partial charge in [0.25, 0.3) is 0 Å². The highest BCUT2D eigenvalue weighted by Crippen LogP contribution is 2.29. The molecule has 0 bridgehead atoms. The highest BCUT2D eigenvalue weighted by Gasteiger charge is 2.12. The molecule has 5 heteroatoms. The number of rotatable bonds is 5. The molecule has 0 saturated carbocycles. The number of benzene rings is 1. The van der Waals surface area contributed by atoms with Crippen molar-refractivity contribution in [3.8, 4) is 11.1 Å². The van der Waals surface area contributed by atoms with Crippen LogP contribution in [0.1, 0.15) is 5.69 Å². The van der Waals surface area contributed by atoms with Gasteiger partial charge in [0.1, 0.15) is 5.82 Å². The third-order valence-corrected chi connectivity index (χ3v) is 2.66. The molecule has 1 aromatic heterocycles. The predicted octanol–water partition coefficient (Wildman–Crippen LogP) is 2.58. The van der Waals surface area contributed by atoms with Crippen LogP contribution in [0.2, 0.25) is 0 Å². The summed E-state index contributed by atoms with van der Waals surface area (Å²) in [7, 11) is 1.64. The second-order valence-electron chi connectivity index (χ2n) is 4.00. The molecule has 0 radical (unpaired) electrons. The molecule has 2 rings (SSSR count). The van der Waals surface area contributed by atoms with Crippen LogP contribution in [0.4, 0.5) is 10.2 Å². The maximum atomic E-state index is 13.3. The Labute approximate surface area is 105 Å². The molecular formula is C13H16FN3O. The summed E-state index contributed by atoms with van der Waals surface area (Å²) in [6.45, 7) is 3.16. The number of nitrogens with one attached hydrogen (secondary N) is 2. The van der Waals surface area contributed by atoms with E-state index in [-0.39, 0.29) is 5.82 Å². The fourth-order valence-electron chi connectivity index (χ4n) is 1.83. The van der Waals surface area contributed by atoms with E-state index < -0.39 is 0 Å². The van der Waals surface area contributed by atoms with Crippen molar-refractivity contribution in [2.45, 2.75) is 6.92 Å². The molecule has 0 atom stereocenters. The van der Waals surface area contributed by atoms with Gasteiger partial charge < -0.3 is 10.1 Å².